The van der Waals surface area contributed by atoms with E-state index in [4.69, 9.17) is 4.74 Å². The Morgan fingerprint density at radius 2 is 1.68 bits per heavy atom. The Balaban J connectivity index is 1.22. The molecule has 228 valence electrons. The second-order valence-corrected chi connectivity index (χ2v) is 12.6. The number of thiophene rings is 1. The first-order valence-corrected chi connectivity index (χ1v) is 16.2. The zero-order valence-electron chi connectivity index (χ0n) is 24.7. The Labute approximate surface area is 261 Å². The van der Waals surface area contributed by atoms with Gasteiger partial charge < -0.3 is 20.7 Å². The van der Waals surface area contributed by atoms with Crippen LogP contribution in [0.15, 0.2) is 84.9 Å². The molecule has 1 unspecified atom stereocenters. The molecule has 0 saturated carbocycles. The zero-order chi connectivity index (χ0) is 30.4. The van der Waals surface area contributed by atoms with Gasteiger partial charge in [-0.15, -0.1) is 11.3 Å². The van der Waals surface area contributed by atoms with Gasteiger partial charge in [-0.1, -0.05) is 72.8 Å². The molecule has 9 heteroatoms. The van der Waals surface area contributed by atoms with E-state index in [9.17, 15) is 14.4 Å². The number of hydrogen-bond acceptors (Lipinski definition) is 6. The van der Waals surface area contributed by atoms with Crippen LogP contribution >= 0.6 is 11.3 Å². The van der Waals surface area contributed by atoms with E-state index in [0.29, 0.717) is 30.7 Å². The number of carbonyl (C=O) groups is 3. The molecule has 44 heavy (non-hydrogen) atoms. The average Bonchev–Trinajstić information content (AvgIpc) is 3.67. The number of nitrogens with zero attached hydrogens (tertiary/aromatic N) is 1. The van der Waals surface area contributed by atoms with Crippen molar-refractivity contribution >= 4 is 39.1 Å². The summed E-state index contributed by atoms with van der Waals surface area (Å²) in [6.45, 7) is 4.66. The van der Waals surface area contributed by atoms with Crippen LogP contribution in [-0.4, -0.2) is 68.1 Å². The van der Waals surface area contributed by atoms with Crippen molar-refractivity contribution < 1.29 is 19.1 Å². The molecule has 2 aliphatic rings. The monoisotopic (exact) mass is 610 g/mol. The normalized spacial score (nSPS) is 18.8. The zero-order valence-corrected chi connectivity index (χ0v) is 25.5. The van der Waals surface area contributed by atoms with Crippen LogP contribution in [0.1, 0.15) is 39.2 Å². The van der Waals surface area contributed by atoms with Crippen LogP contribution in [0.3, 0.4) is 0 Å². The number of fused-ring (bicyclic) bond motifs is 2. The van der Waals surface area contributed by atoms with Crippen molar-refractivity contribution in [3.05, 3.63) is 106 Å². The number of carbonyl (C=O) groups excluding carboxylic acids is 3. The van der Waals surface area contributed by atoms with Crippen LogP contribution in [0.5, 0.6) is 0 Å². The van der Waals surface area contributed by atoms with Gasteiger partial charge in [0.15, 0.2) is 0 Å². The molecule has 1 aliphatic carbocycles. The van der Waals surface area contributed by atoms with E-state index in [1.807, 2.05) is 84.9 Å². The van der Waals surface area contributed by atoms with E-state index >= 15 is 0 Å². The molecular formula is C35H38N4O4S. The van der Waals surface area contributed by atoms with Gasteiger partial charge in [-0.3, -0.25) is 19.3 Å². The number of aryl methyl sites for hydroxylation is 1. The standard InChI is InChI=1S/C35H38N4O4S/c40-32(36-17-8-18-39-19-21-43-22-20-39)29(23-25-9-2-1-3-10-25)37-34(42)35(16-15-26-11-4-6-13-28(26)35)38-33(41)31-24-27-12-5-7-14-30(27)44-31/h1-7,9-14,24,29H,8,15-23H2,(H,36,40)(H,37,42)(H,38,41)/t29-,35?/m1/s1. The van der Waals surface area contributed by atoms with E-state index in [-0.39, 0.29) is 17.7 Å². The van der Waals surface area contributed by atoms with Crippen molar-refractivity contribution in [3.8, 4) is 0 Å². The minimum Gasteiger partial charge on any atom is -0.379 e. The molecule has 0 radical (unpaired) electrons. The Bertz CT molecular complexity index is 1580. The van der Waals surface area contributed by atoms with Crippen molar-refractivity contribution in [3.63, 3.8) is 0 Å². The van der Waals surface area contributed by atoms with Gasteiger partial charge in [0.1, 0.15) is 11.6 Å². The van der Waals surface area contributed by atoms with Gasteiger partial charge >= 0.3 is 0 Å². The molecule has 1 aromatic heterocycles. The van der Waals surface area contributed by atoms with Crippen LogP contribution in [0.2, 0.25) is 0 Å². The summed E-state index contributed by atoms with van der Waals surface area (Å²) in [6.07, 6.45) is 2.20. The summed E-state index contributed by atoms with van der Waals surface area (Å²) in [5.41, 5.74) is 1.44. The minimum atomic E-state index is -1.30. The summed E-state index contributed by atoms with van der Waals surface area (Å²) < 4.78 is 6.44. The van der Waals surface area contributed by atoms with Crippen LogP contribution in [0.4, 0.5) is 0 Å². The molecule has 3 amide bonds. The molecule has 1 fully saturated rings. The smallest absolute Gasteiger partial charge is 0.262 e. The number of amides is 3. The van der Waals surface area contributed by atoms with E-state index in [2.05, 4.69) is 20.9 Å². The second-order valence-electron chi connectivity index (χ2n) is 11.5. The lowest BCUT2D eigenvalue weighted by atomic mass is 9.89. The fourth-order valence-corrected chi connectivity index (χ4v) is 7.14. The van der Waals surface area contributed by atoms with Crippen LogP contribution in [0.25, 0.3) is 10.1 Å². The van der Waals surface area contributed by atoms with Crippen molar-refractivity contribution in [2.24, 2.45) is 0 Å². The van der Waals surface area contributed by atoms with E-state index in [1.165, 1.54) is 11.3 Å². The Hall–Kier alpha value is -4.05. The molecule has 1 aliphatic heterocycles. The van der Waals surface area contributed by atoms with Crippen molar-refractivity contribution in [1.82, 2.24) is 20.9 Å². The van der Waals surface area contributed by atoms with Crippen molar-refractivity contribution in [1.29, 1.82) is 0 Å². The van der Waals surface area contributed by atoms with Crippen molar-refractivity contribution in [2.45, 2.75) is 37.3 Å². The molecule has 2 atom stereocenters. The first kappa shape index (κ1) is 30.0. The molecule has 4 aromatic rings. The second kappa shape index (κ2) is 13.7. The maximum absolute atomic E-state index is 14.4. The largest absolute Gasteiger partial charge is 0.379 e. The molecule has 3 aromatic carbocycles. The van der Waals surface area contributed by atoms with Gasteiger partial charge in [-0.05, 0) is 60.0 Å². The Morgan fingerprint density at radius 3 is 2.50 bits per heavy atom. The third-order valence-corrected chi connectivity index (χ3v) is 9.68. The van der Waals surface area contributed by atoms with Gasteiger partial charge in [-0.25, -0.2) is 0 Å². The summed E-state index contributed by atoms with van der Waals surface area (Å²) in [5, 5.41) is 10.2. The first-order chi connectivity index (χ1) is 21.5. The third-order valence-electron chi connectivity index (χ3n) is 8.57. The fourth-order valence-electron chi connectivity index (χ4n) is 6.19. The summed E-state index contributed by atoms with van der Waals surface area (Å²) in [7, 11) is 0. The highest BCUT2D eigenvalue weighted by Crippen LogP contribution is 2.38. The Kier molecular flexibility index (Phi) is 9.35. The quantitative estimate of drug-likeness (QED) is 0.223. The van der Waals surface area contributed by atoms with E-state index < -0.39 is 11.6 Å². The number of benzene rings is 3. The first-order valence-electron chi connectivity index (χ1n) is 15.3. The predicted molar refractivity (Wildman–Crippen MR) is 173 cm³/mol. The van der Waals surface area contributed by atoms with Crippen molar-refractivity contribution in [2.75, 3.05) is 39.4 Å². The van der Waals surface area contributed by atoms with Gasteiger partial charge in [0.2, 0.25) is 5.91 Å². The third kappa shape index (κ3) is 6.70. The highest BCUT2D eigenvalue weighted by atomic mass is 32.1. The summed E-state index contributed by atoms with van der Waals surface area (Å²) in [6, 6.07) is 26.3. The van der Waals surface area contributed by atoms with Gasteiger partial charge in [0.05, 0.1) is 18.1 Å². The van der Waals surface area contributed by atoms with Gasteiger partial charge in [0, 0.05) is 30.8 Å². The van der Waals surface area contributed by atoms with Gasteiger partial charge in [0.25, 0.3) is 11.8 Å². The highest BCUT2D eigenvalue weighted by molar-refractivity contribution is 7.20. The Morgan fingerprint density at radius 1 is 0.932 bits per heavy atom. The van der Waals surface area contributed by atoms with Crippen LogP contribution in [-0.2, 0) is 32.7 Å². The molecule has 0 bridgehead atoms. The molecule has 3 N–H and O–H groups in total. The number of hydrogen-bond donors (Lipinski definition) is 3. The molecule has 1 saturated heterocycles. The number of nitrogens with one attached hydrogen (secondary N) is 3. The fraction of sp³-hybridized carbons (Fsp3) is 0.343. The number of morpholine rings is 1. The molecular weight excluding hydrogens is 572 g/mol. The maximum Gasteiger partial charge on any atom is 0.262 e. The average molecular weight is 611 g/mol. The molecule has 2 heterocycles. The van der Waals surface area contributed by atoms with E-state index in [1.54, 1.807) is 0 Å². The van der Waals surface area contributed by atoms with Crippen LogP contribution < -0.4 is 16.0 Å². The highest BCUT2D eigenvalue weighted by Gasteiger charge is 2.47. The molecule has 8 nitrogen and oxygen atoms in total. The molecule has 6 rings (SSSR count). The lowest BCUT2D eigenvalue weighted by Gasteiger charge is -2.32. The lowest BCUT2D eigenvalue weighted by molar-refractivity contribution is -0.133. The van der Waals surface area contributed by atoms with Gasteiger partial charge in [-0.2, -0.15) is 0 Å². The number of ether oxygens (including phenoxy) is 1. The molecule has 0 spiro atoms. The topological polar surface area (TPSA) is 99.8 Å². The lowest BCUT2D eigenvalue weighted by Crippen LogP contribution is -2.59. The number of rotatable bonds is 11. The summed E-state index contributed by atoms with van der Waals surface area (Å²) >= 11 is 1.40. The predicted octanol–water partition coefficient (Wildman–Crippen LogP) is 4.04. The van der Waals surface area contributed by atoms with Crippen LogP contribution in [0, 0.1) is 0 Å². The minimum absolute atomic E-state index is 0.235. The summed E-state index contributed by atoms with van der Waals surface area (Å²) in [5.74, 6) is -0.909. The SMILES string of the molecule is O=C(NC1(C(=O)N[C@H](Cc2ccccc2)C(=O)NCCCN2CCOCC2)CCc2ccccc21)c1cc2ccccc2s1. The van der Waals surface area contributed by atoms with E-state index in [0.717, 1.165) is 66.0 Å². The summed E-state index contributed by atoms with van der Waals surface area (Å²) in [4.78, 5) is 44.6. The maximum atomic E-state index is 14.4.